The highest BCUT2D eigenvalue weighted by Crippen LogP contribution is 2.37. The molecule has 2 aromatic heterocycles. The monoisotopic (exact) mass is 433 g/mol. The predicted molar refractivity (Wildman–Crippen MR) is 117 cm³/mol. The third-order valence-electron chi connectivity index (χ3n) is 4.71. The molecular formula is C23H20BrN3O. The second-order valence-corrected chi connectivity index (χ2v) is 7.79. The number of phenols is 1. The van der Waals surface area contributed by atoms with Crippen LogP contribution >= 0.6 is 15.9 Å². The molecule has 0 aliphatic carbocycles. The largest absolute Gasteiger partial charge is 0.505 e. The number of fused-ring (bicyclic) bond motifs is 1. The minimum absolute atomic E-state index is 0.186. The maximum atomic E-state index is 11.1. The number of aromatic hydroxyl groups is 1. The van der Waals surface area contributed by atoms with Gasteiger partial charge in [0, 0.05) is 27.3 Å². The van der Waals surface area contributed by atoms with Crippen LogP contribution in [0.4, 0.5) is 5.82 Å². The average Bonchev–Trinajstić information content (AvgIpc) is 2.67. The van der Waals surface area contributed by atoms with E-state index in [-0.39, 0.29) is 11.8 Å². The molecule has 0 saturated heterocycles. The first-order chi connectivity index (χ1) is 13.5. The number of rotatable bonds is 4. The second kappa shape index (κ2) is 7.60. The summed E-state index contributed by atoms with van der Waals surface area (Å²) in [4.78, 5) is 8.99. The van der Waals surface area contributed by atoms with E-state index in [0.717, 1.165) is 38.1 Å². The summed E-state index contributed by atoms with van der Waals surface area (Å²) in [5, 5.41) is 15.5. The van der Waals surface area contributed by atoms with Crippen molar-refractivity contribution in [1.29, 1.82) is 0 Å². The number of hydrogen-bond donors (Lipinski definition) is 2. The summed E-state index contributed by atoms with van der Waals surface area (Å²) in [5.74, 6) is 0.938. The number of hydrogen-bond acceptors (Lipinski definition) is 4. The summed E-state index contributed by atoms with van der Waals surface area (Å²) >= 11 is 3.55. The lowest BCUT2D eigenvalue weighted by Gasteiger charge is -2.22. The third kappa shape index (κ3) is 3.71. The Bertz CT molecular complexity index is 1160. The minimum Gasteiger partial charge on any atom is -0.505 e. The Kier molecular flexibility index (Phi) is 5.01. The SMILES string of the molecule is Cc1ccnc(N[C@H](c2cccc(Br)c2)c2ccc3ccc(C)nc3c2O)c1. The van der Waals surface area contributed by atoms with Crippen molar-refractivity contribution in [3.63, 3.8) is 0 Å². The number of pyridine rings is 2. The Balaban J connectivity index is 1.87. The molecule has 0 radical (unpaired) electrons. The van der Waals surface area contributed by atoms with Gasteiger partial charge in [-0.25, -0.2) is 9.97 Å². The Morgan fingerprint density at radius 1 is 1.00 bits per heavy atom. The molecule has 0 bridgehead atoms. The molecule has 4 nitrogen and oxygen atoms in total. The third-order valence-corrected chi connectivity index (χ3v) is 5.20. The zero-order valence-electron chi connectivity index (χ0n) is 15.6. The molecule has 0 unspecified atom stereocenters. The molecule has 2 N–H and O–H groups in total. The van der Waals surface area contributed by atoms with Crippen molar-refractivity contribution in [2.24, 2.45) is 0 Å². The number of anilines is 1. The van der Waals surface area contributed by atoms with E-state index in [1.165, 1.54) is 0 Å². The lowest BCUT2D eigenvalue weighted by atomic mass is 9.96. The zero-order valence-corrected chi connectivity index (χ0v) is 17.2. The van der Waals surface area contributed by atoms with E-state index in [1.54, 1.807) is 6.20 Å². The van der Waals surface area contributed by atoms with Crippen LogP contribution in [0.5, 0.6) is 5.75 Å². The van der Waals surface area contributed by atoms with E-state index in [0.29, 0.717) is 5.52 Å². The molecule has 28 heavy (non-hydrogen) atoms. The maximum Gasteiger partial charge on any atom is 0.147 e. The van der Waals surface area contributed by atoms with Gasteiger partial charge in [-0.3, -0.25) is 0 Å². The molecule has 0 saturated carbocycles. The molecule has 4 rings (SSSR count). The van der Waals surface area contributed by atoms with Gasteiger partial charge in [-0.15, -0.1) is 0 Å². The lowest BCUT2D eigenvalue weighted by molar-refractivity contribution is 0.471. The van der Waals surface area contributed by atoms with Crippen molar-refractivity contribution in [3.05, 3.63) is 93.7 Å². The van der Waals surface area contributed by atoms with Crippen LogP contribution in [0.25, 0.3) is 10.9 Å². The summed E-state index contributed by atoms with van der Waals surface area (Å²) in [7, 11) is 0. The molecule has 0 fully saturated rings. The van der Waals surface area contributed by atoms with Crippen LogP contribution in [-0.4, -0.2) is 15.1 Å². The summed E-state index contributed by atoms with van der Waals surface area (Å²) in [5.41, 5.74) is 4.36. The standard InChI is InChI=1S/C23H20BrN3O/c1-14-10-11-25-20(12-14)27-21(17-4-3-5-18(24)13-17)19-9-8-16-7-6-15(2)26-22(16)23(19)28/h3-13,21,28H,1-2H3,(H,25,27)/t21-/m1/s1. The highest BCUT2D eigenvalue weighted by Gasteiger charge is 2.21. The van der Waals surface area contributed by atoms with E-state index in [2.05, 4.69) is 31.2 Å². The van der Waals surface area contributed by atoms with E-state index >= 15 is 0 Å². The Morgan fingerprint density at radius 3 is 2.61 bits per heavy atom. The zero-order chi connectivity index (χ0) is 19.7. The van der Waals surface area contributed by atoms with Crippen molar-refractivity contribution >= 4 is 32.7 Å². The molecule has 4 aromatic rings. The van der Waals surface area contributed by atoms with Crippen molar-refractivity contribution in [1.82, 2.24) is 9.97 Å². The molecule has 1 atom stereocenters. The maximum absolute atomic E-state index is 11.1. The van der Waals surface area contributed by atoms with Crippen LogP contribution in [-0.2, 0) is 0 Å². The van der Waals surface area contributed by atoms with Gasteiger partial charge in [0.25, 0.3) is 0 Å². The van der Waals surface area contributed by atoms with Crippen LogP contribution in [0.2, 0.25) is 0 Å². The number of phenolic OH excluding ortho intramolecular Hbond substituents is 1. The van der Waals surface area contributed by atoms with Gasteiger partial charge in [-0.05, 0) is 55.3 Å². The van der Waals surface area contributed by atoms with Gasteiger partial charge in [-0.1, -0.05) is 46.3 Å². The van der Waals surface area contributed by atoms with Gasteiger partial charge < -0.3 is 10.4 Å². The van der Waals surface area contributed by atoms with Crippen LogP contribution in [0, 0.1) is 13.8 Å². The highest BCUT2D eigenvalue weighted by molar-refractivity contribution is 9.10. The predicted octanol–water partition coefficient (Wildman–Crippen LogP) is 5.92. The number of aryl methyl sites for hydroxylation is 2. The van der Waals surface area contributed by atoms with Gasteiger partial charge in [0.05, 0.1) is 6.04 Å². The average molecular weight is 434 g/mol. The number of nitrogens with zero attached hydrogens (tertiary/aromatic N) is 2. The first-order valence-electron chi connectivity index (χ1n) is 9.05. The Hall–Kier alpha value is -2.92. The first kappa shape index (κ1) is 18.4. The summed E-state index contributed by atoms with van der Waals surface area (Å²) in [6, 6.07) is 19.6. The van der Waals surface area contributed by atoms with Gasteiger partial charge in [0.2, 0.25) is 0 Å². The minimum atomic E-state index is -0.279. The summed E-state index contributed by atoms with van der Waals surface area (Å²) in [6.07, 6.45) is 1.78. The van der Waals surface area contributed by atoms with Gasteiger partial charge in [0.1, 0.15) is 17.1 Å². The second-order valence-electron chi connectivity index (χ2n) is 6.88. The lowest BCUT2D eigenvalue weighted by Crippen LogP contribution is -2.14. The summed E-state index contributed by atoms with van der Waals surface area (Å²) < 4.78 is 0.975. The van der Waals surface area contributed by atoms with Crippen molar-refractivity contribution in [2.45, 2.75) is 19.9 Å². The molecule has 2 aromatic carbocycles. The van der Waals surface area contributed by atoms with E-state index < -0.39 is 0 Å². The molecule has 0 amide bonds. The van der Waals surface area contributed by atoms with Crippen LogP contribution in [0.3, 0.4) is 0 Å². The normalized spacial score (nSPS) is 12.1. The van der Waals surface area contributed by atoms with Crippen LogP contribution in [0.1, 0.15) is 28.4 Å². The fourth-order valence-corrected chi connectivity index (χ4v) is 3.73. The van der Waals surface area contributed by atoms with Gasteiger partial charge in [0.15, 0.2) is 0 Å². The molecule has 140 valence electrons. The molecule has 0 spiro atoms. The number of halogens is 1. The van der Waals surface area contributed by atoms with Crippen molar-refractivity contribution in [2.75, 3.05) is 5.32 Å². The molecule has 5 heteroatoms. The number of aromatic nitrogens is 2. The van der Waals surface area contributed by atoms with E-state index in [9.17, 15) is 5.11 Å². The van der Waals surface area contributed by atoms with Gasteiger partial charge in [-0.2, -0.15) is 0 Å². The highest BCUT2D eigenvalue weighted by atomic mass is 79.9. The van der Waals surface area contributed by atoms with E-state index in [4.69, 9.17) is 0 Å². The number of benzene rings is 2. The van der Waals surface area contributed by atoms with E-state index in [1.807, 2.05) is 74.5 Å². The summed E-state index contributed by atoms with van der Waals surface area (Å²) in [6.45, 7) is 3.95. The van der Waals surface area contributed by atoms with Crippen LogP contribution in [0.15, 0.2) is 71.3 Å². The van der Waals surface area contributed by atoms with Gasteiger partial charge >= 0.3 is 0 Å². The Labute approximate surface area is 172 Å². The fourth-order valence-electron chi connectivity index (χ4n) is 3.31. The Morgan fingerprint density at radius 2 is 1.82 bits per heavy atom. The fraction of sp³-hybridized carbons (Fsp3) is 0.130. The van der Waals surface area contributed by atoms with Crippen molar-refractivity contribution in [3.8, 4) is 5.75 Å². The molecule has 0 aliphatic heterocycles. The number of nitrogens with one attached hydrogen (secondary N) is 1. The smallest absolute Gasteiger partial charge is 0.147 e. The topological polar surface area (TPSA) is 58.0 Å². The quantitative estimate of drug-likeness (QED) is 0.419. The van der Waals surface area contributed by atoms with Crippen molar-refractivity contribution < 1.29 is 5.11 Å². The molecular weight excluding hydrogens is 414 g/mol. The first-order valence-corrected chi connectivity index (χ1v) is 9.84. The molecule has 0 aliphatic rings. The molecule has 2 heterocycles. The van der Waals surface area contributed by atoms with Crippen LogP contribution < -0.4 is 5.32 Å².